The predicted molar refractivity (Wildman–Crippen MR) is 160 cm³/mol. The van der Waals surface area contributed by atoms with Crippen LogP contribution in [0.1, 0.15) is 47.2 Å². The highest BCUT2D eigenvalue weighted by Crippen LogP contribution is 2.31. The molecule has 40 heavy (non-hydrogen) atoms. The van der Waals surface area contributed by atoms with E-state index in [2.05, 4.69) is 21.2 Å². The van der Waals surface area contributed by atoms with Crippen molar-refractivity contribution < 1.29 is 9.18 Å². The molecule has 206 valence electrons. The topological polar surface area (TPSA) is 74.5 Å². The third kappa shape index (κ3) is 5.52. The molecule has 4 aromatic rings. The van der Waals surface area contributed by atoms with Crippen molar-refractivity contribution in [2.75, 3.05) is 37.2 Å². The maximum atomic E-state index is 14.2. The van der Waals surface area contributed by atoms with Crippen LogP contribution in [0.3, 0.4) is 0 Å². The number of hydrogen-bond donors (Lipinski definition) is 2. The molecule has 0 bridgehead atoms. The van der Waals surface area contributed by atoms with Crippen LogP contribution in [0, 0.1) is 12.7 Å². The van der Waals surface area contributed by atoms with E-state index in [-0.39, 0.29) is 17.8 Å². The van der Waals surface area contributed by atoms with Crippen LogP contribution in [0.2, 0.25) is 0 Å². The van der Waals surface area contributed by atoms with Crippen molar-refractivity contribution in [2.24, 2.45) is 0 Å². The summed E-state index contributed by atoms with van der Waals surface area (Å²) in [5.74, 6) is 0.426. The highest BCUT2D eigenvalue weighted by atomic mass is 19.1. The number of nitrogens with zero attached hydrogens (tertiary/aromatic N) is 3. The fraction of sp³-hybridized carbons (Fsp3) is 0.333. The van der Waals surface area contributed by atoms with Gasteiger partial charge >= 0.3 is 0 Å². The van der Waals surface area contributed by atoms with Gasteiger partial charge in [-0.2, -0.15) is 0 Å². The van der Waals surface area contributed by atoms with Crippen molar-refractivity contribution in [1.29, 1.82) is 0 Å². The molecule has 3 heterocycles. The Labute approximate surface area is 235 Å². The van der Waals surface area contributed by atoms with Crippen molar-refractivity contribution in [3.05, 3.63) is 89.2 Å². The number of pyridine rings is 1. The Balaban J connectivity index is 1.35. The summed E-state index contributed by atoms with van der Waals surface area (Å²) in [6.45, 7) is 6.11. The lowest BCUT2D eigenvalue weighted by molar-refractivity contribution is 0.0710. The molecule has 1 atom stereocenters. The van der Waals surface area contributed by atoms with Gasteiger partial charge in [0.15, 0.2) is 0 Å². The highest BCUT2D eigenvalue weighted by molar-refractivity contribution is 6.08. The Morgan fingerprint density at radius 1 is 0.975 bits per heavy atom. The number of carbonyl (C=O) groups is 1. The number of aromatic nitrogens is 1. The number of likely N-dealkylation sites (tertiary alicyclic amines) is 2. The van der Waals surface area contributed by atoms with Gasteiger partial charge in [0.25, 0.3) is 5.91 Å². The van der Waals surface area contributed by atoms with E-state index in [1.54, 1.807) is 19.1 Å². The highest BCUT2D eigenvalue weighted by Gasteiger charge is 2.32. The van der Waals surface area contributed by atoms with Crippen molar-refractivity contribution in [3.63, 3.8) is 0 Å². The zero-order valence-electron chi connectivity index (χ0n) is 23.0. The molecule has 1 aromatic heterocycles. The van der Waals surface area contributed by atoms with Crippen LogP contribution in [-0.2, 0) is 6.54 Å². The Morgan fingerprint density at radius 2 is 1.75 bits per heavy atom. The van der Waals surface area contributed by atoms with Crippen molar-refractivity contribution in [1.82, 2.24) is 14.8 Å². The second kappa shape index (κ2) is 11.3. The van der Waals surface area contributed by atoms with E-state index in [9.17, 15) is 9.18 Å². The third-order valence-electron chi connectivity index (χ3n) is 8.30. The number of anilines is 2. The molecule has 3 aromatic carbocycles. The molecule has 0 radical (unpaired) electrons. The van der Waals surface area contributed by atoms with E-state index in [4.69, 9.17) is 10.7 Å². The largest absolute Gasteiger partial charge is 0.399 e. The number of nitrogens with one attached hydrogen (secondary N) is 1. The van der Waals surface area contributed by atoms with Crippen LogP contribution < -0.4 is 11.1 Å². The summed E-state index contributed by atoms with van der Waals surface area (Å²) < 4.78 is 14.1. The first-order valence-corrected chi connectivity index (χ1v) is 14.3. The van der Waals surface area contributed by atoms with E-state index in [0.717, 1.165) is 66.6 Å². The predicted octanol–water partition coefficient (Wildman–Crippen LogP) is 6.24. The van der Waals surface area contributed by atoms with E-state index >= 15 is 0 Å². The van der Waals surface area contributed by atoms with Crippen molar-refractivity contribution in [2.45, 2.75) is 45.2 Å². The minimum Gasteiger partial charge on any atom is -0.399 e. The summed E-state index contributed by atoms with van der Waals surface area (Å²) in [5.41, 5.74) is 11.5. The number of fused-ring (bicyclic) bond motifs is 1. The lowest BCUT2D eigenvalue weighted by atomic mass is 9.99. The number of amides is 1. The summed E-state index contributed by atoms with van der Waals surface area (Å²) in [7, 11) is 0. The van der Waals surface area contributed by atoms with Gasteiger partial charge in [-0.25, -0.2) is 9.37 Å². The van der Waals surface area contributed by atoms with Gasteiger partial charge < -0.3 is 20.9 Å². The number of benzene rings is 3. The molecule has 0 spiro atoms. The number of halogens is 1. The average Bonchev–Trinajstić information content (AvgIpc) is 3.66. The first-order valence-electron chi connectivity index (χ1n) is 14.3. The summed E-state index contributed by atoms with van der Waals surface area (Å²) in [5, 5.41) is 4.17. The Hall–Kier alpha value is -3.97. The quantitative estimate of drug-likeness (QED) is 0.273. The van der Waals surface area contributed by atoms with Crippen LogP contribution >= 0.6 is 0 Å². The van der Waals surface area contributed by atoms with Gasteiger partial charge in [0.2, 0.25) is 0 Å². The Bertz CT molecular complexity index is 1530. The first-order chi connectivity index (χ1) is 19.4. The zero-order valence-corrected chi connectivity index (χ0v) is 23.0. The van der Waals surface area contributed by atoms with Crippen molar-refractivity contribution in [3.8, 4) is 11.1 Å². The first kappa shape index (κ1) is 26.3. The van der Waals surface area contributed by atoms with Crippen LogP contribution in [-0.4, -0.2) is 52.9 Å². The minimum absolute atomic E-state index is 0.0491. The molecule has 2 aliphatic rings. The molecule has 0 unspecified atom stereocenters. The fourth-order valence-corrected chi connectivity index (χ4v) is 6.00. The molecule has 3 N–H and O–H groups in total. The molecule has 0 aliphatic carbocycles. The van der Waals surface area contributed by atoms with Crippen molar-refractivity contribution >= 4 is 28.3 Å². The number of carbonyl (C=O) groups excluding carboxylic acids is 1. The van der Waals surface area contributed by atoms with Crippen LogP contribution in [0.15, 0.2) is 66.7 Å². The van der Waals surface area contributed by atoms with E-state index in [0.29, 0.717) is 29.2 Å². The maximum Gasteiger partial charge on any atom is 0.254 e. The molecular weight excluding hydrogens is 501 g/mol. The average molecular weight is 538 g/mol. The molecule has 0 saturated carbocycles. The van der Waals surface area contributed by atoms with Gasteiger partial charge in [-0.15, -0.1) is 0 Å². The van der Waals surface area contributed by atoms with E-state index in [1.165, 1.54) is 12.8 Å². The van der Waals surface area contributed by atoms with Crippen LogP contribution in [0.25, 0.3) is 22.0 Å². The normalized spacial score (nSPS) is 17.6. The van der Waals surface area contributed by atoms with Gasteiger partial charge in [-0.05, 0) is 104 Å². The number of nitrogens with two attached hydrogens (primary N) is 1. The molecule has 7 heteroatoms. The standard InChI is InChI=1S/C33H36FN5O/c1-22-6-7-23(17-30(22)34)20-36-32-19-29(33(40)39-16-4-5-27(39)21-38-14-2-3-15-38)28-18-25(10-13-31(28)37-32)24-8-11-26(35)12-9-24/h6-13,17-19,27H,2-5,14-16,20-21,35H2,1H3,(H,36,37)/t27-/m0/s1. The molecule has 2 aliphatic heterocycles. The summed E-state index contributed by atoms with van der Waals surface area (Å²) in [4.78, 5) is 23.6. The number of nitrogen functional groups attached to an aromatic ring is 1. The molecular formula is C33H36FN5O. The van der Waals surface area contributed by atoms with Gasteiger partial charge in [0, 0.05) is 36.7 Å². The minimum atomic E-state index is -0.227. The fourth-order valence-electron chi connectivity index (χ4n) is 6.00. The Kier molecular flexibility index (Phi) is 7.39. The molecule has 1 amide bonds. The van der Waals surface area contributed by atoms with Gasteiger partial charge in [0.05, 0.1) is 11.1 Å². The number of aryl methyl sites for hydroxylation is 1. The maximum absolute atomic E-state index is 14.2. The van der Waals surface area contributed by atoms with E-state index < -0.39 is 0 Å². The van der Waals surface area contributed by atoms with Crippen LogP contribution in [0.4, 0.5) is 15.9 Å². The third-order valence-corrected chi connectivity index (χ3v) is 8.30. The molecule has 6 rings (SSSR count). The number of rotatable bonds is 7. The second-order valence-electron chi connectivity index (χ2n) is 11.1. The second-order valence-corrected chi connectivity index (χ2v) is 11.1. The zero-order chi connectivity index (χ0) is 27.6. The monoisotopic (exact) mass is 537 g/mol. The summed E-state index contributed by atoms with van der Waals surface area (Å²) in [6, 6.07) is 21.1. The van der Waals surface area contributed by atoms with Gasteiger partial charge in [0.1, 0.15) is 11.6 Å². The smallest absolute Gasteiger partial charge is 0.254 e. The van der Waals surface area contributed by atoms with E-state index in [1.807, 2.05) is 48.5 Å². The lowest BCUT2D eigenvalue weighted by Crippen LogP contribution is -2.42. The summed E-state index contributed by atoms with van der Waals surface area (Å²) in [6.07, 6.45) is 4.53. The summed E-state index contributed by atoms with van der Waals surface area (Å²) >= 11 is 0. The van der Waals surface area contributed by atoms with Gasteiger partial charge in [-0.1, -0.05) is 30.3 Å². The SMILES string of the molecule is Cc1ccc(CNc2cc(C(=O)N3CCC[C@H]3CN3CCCC3)c3cc(-c4ccc(N)cc4)ccc3n2)cc1F. The molecule has 6 nitrogen and oxygen atoms in total. The lowest BCUT2D eigenvalue weighted by Gasteiger charge is -2.29. The molecule has 2 saturated heterocycles. The Morgan fingerprint density at radius 3 is 2.52 bits per heavy atom. The van der Waals surface area contributed by atoms with Gasteiger partial charge in [-0.3, -0.25) is 4.79 Å². The van der Waals surface area contributed by atoms with Crippen LogP contribution in [0.5, 0.6) is 0 Å². The number of hydrogen-bond acceptors (Lipinski definition) is 5. The molecule has 2 fully saturated rings.